The average Bonchev–Trinajstić information content (AvgIpc) is 2.37. The van der Waals surface area contributed by atoms with Gasteiger partial charge < -0.3 is 5.32 Å². The van der Waals surface area contributed by atoms with E-state index in [2.05, 4.69) is 56.2 Å². The summed E-state index contributed by atoms with van der Waals surface area (Å²) in [7, 11) is 1.90. The van der Waals surface area contributed by atoms with Crippen LogP contribution in [0.2, 0.25) is 0 Å². The zero-order valence-electron chi connectivity index (χ0n) is 12.3. The van der Waals surface area contributed by atoms with Crippen molar-refractivity contribution in [3.63, 3.8) is 0 Å². The van der Waals surface area contributed by atoms with Crippen LogP contribution in [-0.4, -0.2) is 17.0 Å². The molecule has 3 heteroatoms. The van der Waals surface area contributed by atoms with Gasteiger partial charge in [-0.2, -0.15) is 0 Å². The molecule has 0 fully saturated rings. The van der Waals surface area contributed by atoms with Crippen LogP contribution in [0.25, 0.3) is 11.4 Å². The quantitative estimate of drug-likeness (QED) is 0.909. The molecule has 0 saturated carbocycles. The minimum absolute atomic E-state index is 0.804. The molecule has 19 heavy (non-hydrogen) atoms. The fraction of sp³-hybridized carbons (Fsp3) is 0.375. The van der Waals surface area contributed by atoms with Gasteiger partial charge in [-0.25, -0.2) is 9.97 Å². The lowest BCUT2D eigenvalue weighted by atomic mass is 10.1. The Balaban J connectivity index is 2.61. The summed E-state index contributed by atoms with van der Waals surface area (Å²) in [6.45, 7) is 8.39. The smallest absolute Gasteiger partial charge is 0.161 e. The van der Waals surface area contributed by atoms with E-state index in [9.17, 15) is 0 Å². The largest absolute Gasteiger partial charge is 0.373 e. The van der Waals surface area contributed by atoms with Crippen LogP contribution in [0.1, 0.15) is 29.3 Å². The highest BCUT2D eigenvalue weighted by atomic mass is 15.0. The van der Waals surface area contributed by atoms with Gasteiger partial charge in [0.25, 0.3) is 0 Å². The van der Waals surface area contributed by atoms with E-state index in [4.69, 9.17) is 4.98 Å². The van der Waals surface area contributed by atoms with Gasteiger partial charge in [-0.3, -0.25) is 0 Å². The van der Waals surface area contributed by atoms with Crippen molar-refractivity contribution in [2.24, 2.45) is 0 Å². The molecule has 2 aromatic rings. The lowest BCUT2D eigenvalue weighted by Crippen LogP contribution is -2.04. The lowest BCUT2D eigenvalue weighted by molar-refractivity contribution is 0.977. The van der Waals surface area contributed by atoms with Crippen LogP contribution < -0.4 is 5.32 Å². The van der Waals surface area contributed by atoms with Crippen LogP contribution in [0.3, 0.4) is 0 Å². The Labute approximate surface area is 115 Å². The number of aromatic nitrogens is 2. The highest BCUT2D eigenvalue weighted by Gasteiger charge is 2.10. The summed E-state index contributed by atoms with van der Waals surface area (Å²) in [5.74, 6) is 1.72. The number of anilines is 1. The molecular formula is C16H21N3. The number of hydrogen-bond acceptors (Lipinski definition) is 3. The molecular weight excluding hydrogens is 234 g/mol. The van der Waals surface area contributed by atoms with Crippen LogP contribution in [0.4, 0.5) is 5.82 Å². The molecule has 0 unspecified atom stereocenters. The monoisotopic (exact) mass is 255 g/mol. The average molecular weight is 255 g/mol. The number of benzene rings is 1. The van der Waals surface area contributed by atoms with Crippen LogP contribution in [0.5, 0.6) is 0 Å². The minimum atomic E-state index is 0.804. The standard InChI is InChI=1S/C16H21N3/c1-6-14-12(4)15(17-5)19-16(18-14)13-8-10(2)7-11(3)9-13/h7-9H,6H2,1-5H3,(H,17,18,19). The van der Waals surface area contributed by atoms with Gasteiger partial charge in [-0.05, 0) is 39.3 Å². The first-order valence-electron chi connectivity index (χ1n) is 6.69. The van der Waals surface area contributed by atoms with Crippen molar-refractivity contribution in [1.82, 2.24) is 9.97 Å². The predicted octanol–water partition coefficient (Wildman–Crippen LogP) is 3.67. The van der Waals surface area contributed by atoms with Crippen molar-refractivity contribution in [2.75, 3.05) is 12.4 Å². The van der Waals surface area contributed by atoms with E-state index < -0.39 is 0 Å². The summed E-state index contributed by atoms with van der Waals surface area (Å²) in [4.78, 5) is 9.33. The Morgan fingerprint density at radius 2 is 1.63 bits per heavy atom. The van der Waals surface area contributed by atoms with E-state index in [0.717, 1.165) is 34.9 Å². The summed E-state index contributed by atoms with van der Waals surface area (Å²) < 4.78 is 0. The Morgan fingerprint density at radius 3 is 2.16 bits per heavy atom. The second kappa shape index (κ2) is 5.39. The fourth-order valence-corrected chi connectivity index (χ4v) is 2.38. The van der Waals surface area contributed by atoms with Gasteiger partial charge >= 0.3 is 0 Å². The molecule has 0 atom stereocenters. The molecule has 2 rings (SSSR count). The van der Waals surface area contributed by atoms with Gasteiger partial charge in [0.1, 0.15) is 5.82 Å². The molecule has 0 bridgehead atoms. The van der Waals surface area contributed by atoms with E-state index in [1.165, 1.54) is 11.1 Å². The van der Waals surface area contributed by atoms with E-state index >= 15 is 0 Å². The van der Waals surface area contributed by atoms with Gasteiger partial charge in [0, 0.05) is 23.9 Å². The minimum Gasteiger partial charge on any atom is -0.373 e. The van der Waals surface area contributed by atoms with Gasteiger partial charge in [0.2, 0.25) is 0 Å². The van der Waals surface area contributed by atoms with E-state index in [1.54, 1.807) is 0 Å². The maximum absolute atomic E-state index is 4.70. The van der Waals surface area contributed by atoms with E-state index in [0.29, 0.717) is 0 Å². The summed E-state index contributed by atoms with van der Waals surface area (Å²) >= 11 is 0. The normalized spacial score (nSPS) is 10.6. The van der Waals surface area contributed by atoms with Crippen LogP contribution >= 0.6 is 0 Å². The maximum atomic E-state index is 4.70. The molecule has 1 aromatic carbocycles. The third kappa shape index (κ3) is 2.75. The first-order chi connectivity index (χ1) is 9.05. The van der Waals surface area contributed by atoms with Gasteiger partial charge in [0.05, 0.1) is 0 Å². The first kappa shape index (κ1) is 13.5. The summed E-state index contributed by atoms with van der Waals surface area (Å²) in [6, 6.07) is 6.44. The van der Waals surface area contributed by atoms with Gasteiger partial charge in [-0.1, -0.05) is 24.1 Å². The second-order valence-electron chi connectivity index (χ2n) is 4.95. The second-order valence-corrected chi connectivity index (χ2v) is 4.95. The van der Waals surface area contributed by atoms with Crippen molar-refractivity contribution in [1.29, 1.82) is 0 Å². The highest BCUT2D eigenvalue weighted by molar-refractivity contribution is 5.61. The highest BCUT2D eigenvalue weighted by Crippen LogP contribution is 2.23. The molecule has 0 saturated heterocycles. The van der Waals surface area contributed by atoms with Crippen molar-refractivity contribution in [3.05, 3.63) is 40.6 Å². The molecule has 1 aromatic heterocycles. The number of nitrogens with zero attached hydrogens (tertiary/aromatic N) is 2. The molecule has 100 valence electrons. The number of nitrogens with one attached hydrogen (secondary N) is 1. The van der Waals surface area contributed by atoms with Gasteiger partial charge in [0.15, 0.2) is 5.82 Å². The Bertz CT molecular complexity index is 558. The Hall–Kier alpha value is -1.90. The van der Waals surface area contributed by atoms with Crippen LogP contribution in [0.15, 0.2) is 18.2 Å². The van der Waals surface area contributed by atoms with Crippen LogP contribution in [-0.2, 0) is 6.42 Å². The lowest BCUT2D eigenvalue weighted by Gasteiger charge is -2.12. The molecule has 3 nitrogen and oxygen atoms in total. The van der Waals surface area contributed by atoms with E-state index in [1.807, 2.05) is 7.05 Å². The SMILES string of the molecule is CCc1nc(-c2cc(C)cc(C)c2)nc(NC)c1C. The predicted molar refractivity (Wildman–Crippen MR) is 80.6 cm³/mol. The van der Waals surface area contributed by atoms with Gasteiger partial charge in [-0.15, -0.1) is 0 Å². The van der Waals surface area contributed by atoms with E-state index in [-0.39, 0.29) is 0 Å². The summed E-state index contributed by atoms with van der Waals surface area (Å²) in [5, 5.41) is 3.16. The van der Waals surface area contributed by atoms with Crippen molar-refractivity contribution < 1.29 is 0 Å². The number of hydrogen-bond donors (Lipinski definition) is 1. The zero-order chi connectivity index (χ0) is 14.0. The van der Waals surface area contributed by atoms with Crippen molar-refractivity contribution >= 4 is 5.82 Å². The summed E-state index contributed by atoms with van der Waals surface area (Å²) in [6.07, 6.45) is 0.917. The molecule has 0 radical (unpaired) electrons. The number of rotatable bonds is 3. The maximum Gasteiger partial charge on any atom is 0.161 e. The first-order valence-corrected chi connectivity index (χ1v) is 6.69. The van der Waals surface area contributed by atoms with Crippen molar-refractivity contribution in [2.45, 2.75) is 34.1 Å². The summed E-state index contributed by atoms with van der Waals surface area (Å²) in [5.41, 5.74) is 5.81. The third-order valence-corrected chi connectivity index (χ3v) is 3.30. The Morgan fingerprint density at radius 1 is 1.00 bits per heavy atom. The molecule has 0 aliphatic carbocycles. The molecule has 0 aliphatic heterocycles. The molecule has 1 N–H and O–H groups in total. The van der Waals surface area contributed by atoms with Crippen LogP contribution in [0, 0.1) is 20.8 Å². The molecule has 1 heterocycles. The zero-order valence-corrected chi connectivity index (χ0v) is 12.3. The fourth-order valence-electron chi connectivity index (χ4n) is 2.38. The molecule has 0 spiro atoms. The molecule has 0 aliphatic rings. The Kier molecular flexibility index (Phi) is 3.84. The topological polar surface area (TPSA) is 37.8 Å². The third-order valence-electron chi connectivity index (χ3n) is 3.30. The number of aryl methyl sites for hydroxylation is 3. The molecule has 0 amide bonds. The van der Waals surface area contributed by atoms with Crippen molar-refractivity contribution in [3.8, 4) is 11.4 Å².